The molecule has 0 saturated heterocycles. The second-order valence-electron chi connectivity index (χ2n) is 6.52. The summed E-state index contributed by atoms with van der Waals surface area (Å²) in [7, 11) is 0. The third-order valence-electron chi connectivity index (χ3n) is 4.42. The largest absolute Gasteiger partial charge is 0.492 e. The Hall–Kier alpha value is -3.22. The van der Waals surface area contributed by atoms with Crippen LogP contribution in [-0.4, -0.2) is 31.1 Å². The van der Waals surface area contributed by atoms with Crippen LogP contribution in [0, 0.1) is 0 Å². The van der Waals surface area contributed by atoms with E-state index in [-0.39, 0.29) is 24.5 Å². The van der Waals surface area contributed by atoms with E-state index in [0.29, 0.717) is 35.0 Å². The van der Waals surface area contributed by atoms with Crippen molar-refractivity contribution in [2.45, 2.75) is 26.4 Å². The highest BCUT2D eigenvalue weighted by molar-refractivity contribution is 6.07. The Morgan fingerprint density at radius 3 is 2.96 bits per heavy atom. The summed E-state index contributed by atoms with van der Waals surface area (Å²) in [5, 5.41) is 5.58. The maximum Gasteiger partial charge on any atom is 0.262 e. The SMILES string of the molecule is CCOc1cc2c(cc1NC(=O)c1ccc3c(c1)NC(=O)CO3)OC(C)C2. The van der Waals surface area contributed by atoms with Crippen LogP contribution in [0.1, 0.15) is 29.8 Å². The molecule has 1 atom stereocenters. The van der Waals surface area contributed by atoms with Crippen molar-refractivity contribution in [2.24, 2.45) is 0 Å². The number of carbonyl (C=O) groups is 2. The van der Waals surface area contributed by atoms with Crippen molar-refractivity contribution < 1.29 is 23.8 Å². The standard InChI is InChI=1S/C20H20N2O5/c1-3-25-18-8-13-6-11(2)27-17(13)9-15(18)22-20(24)12-4-5-16-14(7-12)21-19(23)10-26-16/h4-5,7-9,11H,3,6,10H2,1-2H3,(H,21,23)(H,22,24). The van der Waals surface area contributed by atoms with E-state index in [1.54, 1.807) is 24.3 Å². The molecule has 0 spiro atoms. The number of hydrogen-bond donors (Lipinski definition) is 2. The normalized spacial score (nSPS) is 17.1. The number of rotatable bonds is 4. The molecule has 0 aromatic heterocycles. The molecule has 1 unspecified atom stereocenters. The Morgan fingerprint density at radius 1 is 1.30 bits per heavy atom. The minimum absolute atomic E-state index is 0.0240. The van der Waals surface area contributed by atoms with Gasteiger partial charge in [0.1, 0.15) is 23.4 Å². The Labute approximate surface area is 156 Å². The van der Waals surface area contributed by atoms with E-state index >= 15 is 0 Å². The molecule has 7 nitrogen and oxygen atoms in total. The van der Waals surface area contributed by atoms with Crippen molar-refractivity contribution in [3.05, 3.63) is 41.5 Å². The zero-order valence-electron chi connectivity index (χ0n) is 15.1. The zero-order chi connectivity index (χ0) is 19.0. The van der Waals surface area contributed by atoms with Crippen molar-refractivity contribution in [2.75, 3.05) is 23.8 Å². The van der Waals surface area contributed by atoms with Gasteiger partial charge in [-0.2, -0.15) is 0 Å². The van der Waals surface area contributed by atoms with Crippen molar-refractivity contribution in [3.63, 3.8) is 0 Å². The molecule has 2 amide bonds. The fourth-order valence-corrected chi connectivity index (χ4v) is 3.23. The number of hydrogen-bond acceptors (Lipinski definition) is 5. The molecule has 2 aromatic rings. The van der Waals surface area contributed by atoms with Crippen molar-refractivity contribution >= 4 is 23.2 Å². The first-order valence-corrected chi connectivity index (χ1v) is 8.88. The van der Waals surface area contributed by atoms with Gasteiger partial charge in [0.25, 0.3) is 11.8 Å². The van der Waals surface area contributed by atoms with Crippen LogP contribution in [0.5, 0.6) is 17.2 Å². The van der Waals surface area contributed by atoms with Gasteiger partial charge in [-0.05, 0) is 38.1 Å². The number of benzene rings is 2. The second-order valence-corrected chi connectivity index (χ2v) is 6.52. The second kappa shape index (κ2) is 6.83. The Morgan fingerprint density at radius 2 is 2.15 bits per heavy atom. The van der Waals surface area contributed by atoms with E-state index in [2.05, 4.69) is 10.6 Å². The molecule has 2 aromatic carbocycles. The Balaban J connectivity index is 1.60. The lowest BCUT2D eigenvalue weighted by Crippen LogP contribution is -2.25. The average Bonchev–Trinajstić information content (AvgIpc) is 3.00. The fourth-order valence-electron chi connectivity index (χ4n) is 3.23. The third-order valence-corrected chi connectivity index (χ3v) is 4.42. The maximum atomic E-state index is 12.7. The van der Waals surface area contributed by atoms with Crippen LogP contribution in [0.2, 0.25) is 0 Å². The van der Waals surface area contributed by atoms with Gasteiger partial charge in [-0.1, -0.05) is 0 Å². The van der Waals surface area contributed by atoms with Crippen molar-refractivity contribution in [1.29, 1.82) is 0 Å². The molecule has 2 aliphatic heterocycles. The number of fused-ring (bicyclic) bond motifs is 2. The highest BCUT2D eigenvalue weighted by atomic mass is 16.5. The summed E-state index contributed by atoms with van der Waals surface area (Å²) in [6, 6.07) is 8.62. The van der Waals surface area contributed by atoms with Gasteiger partial charge in [0.15, 0.2) is 6.61 Å². The number of ether oxygens (including phenoxy) is 3. The summed E-state index contributed by atoms with van der Waals surface area (Å²) >= 11 is 0. The van der Waals surface area contributed by atoms with Gasteiger partial charge in [0, 0.05) is 23.6 Å². The third kappa shape index (κ3) is 3.40. The molecule has 0 saturated carbocycles. The summed E-state index contributed by atoms with van der Waals surface area (Å²) in [6.45, 7) is 4.36. The van der Waals surface area contributed by atoms with Gasteiger partial charge >= 0.3 is 0 Å². The molecule has 0 bridgehead atoms. The fraction of sp³-hybridized carbons (Fsp3) is 0.300. The summed E-state index contributed by atoms with van der Waals surface area (Å²) in [5.41, 5.74) is 2.50. The van der Waals surface area contributed by atoms with Gasteiger partial charge in [-0.3, -0.25) is 9.59 Å². The van der Waals surface area contributed by atoms with E-state index in [1.165, 1.54) is 0 Å². The molecule has 0 aliphatic carbocycles. The lowest BCUT2D eigenvalue weighted by molar-refractivity contribution is -0.118. The van der Waals surface area contributed by atoms with Gasteiger partial charge in [-0.25, -0.2) is 0 Å². The first-order valence-electron chi connectivity index (χ1n) is 8.88. The molecule has 2 N–H and O–H groups in total. The number of amides is 2. The van der Waals surface area contributed by atoms with Crippen LogP contribution in [-0.2, 0) is 11.2 Å². The molecular weight excluding hydrogens is 348 g/mol. The number of nitrogens with one attached hydrogen (secondary N) is 2. The molecule has 7 heteroatoms. The first-order chi connectivity index (χ1) is 13.0. The molecular formula is C20H20N2O5. The molecule has 0 fully saturated rings. The van der Waals surface area contributed by atoms with Crippen molar-refractivity contribution in [1.82, 2.24) is 0 Å². The monoisotopic (exact) mass is 368 g/mol. The Kier molecular flexibility index (Phi) is 4.35. The summed E-state index contributed by atoms with van der Waals surface area (Å²) < 4.78 is 16.8. The quantitative estimate of drug-likeness (QED) is 0.866. The zero-order valence-corrected chi connectivity index (χ0v) is 15.1. The van der Waals surface area contributed by atoms with E-state index in [9.17, 15) is 9.59 Å². The van der Waals surface area contributed by atoms with Gasteiger partial charge < -0.3 is 24.8 Å². The number of carbonyl (C=O) groups excluding carboxylic acids is 2. The molecule has 140 valence electrons. The molecule has 4 rings (SSSR count). The van der Waals surface area contributed by atoms with Crippen LogP contribution >= 0.6 is 0 Å². The van der Waals surface area contributed by atoms with E-state index in [4.69, 9.17) is 14.2 Å². The highest BCUT2D eigenvalue weighted by Crippen LogP contribution is 2.38. The van der Waals surface area contributed by atoms with E-state index in [0.717, 1.165) is 17.7 Å². The molecule has 2 aliphatic rings. The highest BCUT2D eigenvalue weighted by Gasteiger charge is 2.23. The topological polar surface area (TPSA) is 85.9 Å². The first kappa shape index (κ1) is 17.2. The smallest absolute Gasteiger partial charge is 0.262 e. The summed E-state index contributed by atoms with van der Waals surface area (Å²) in [4.78, 5) is 24.2. The van der Waals surface area contributed by atoms with Crippen LogP contribution in [0.4, 0.5) is 11.4 Å². The van der Waals surface area contributed by atoms with Gasteiger partial charge in [-0.15, -0.1) is 0 Å². The van der Waals surface area contributed by atoms with Crippen LogP contribution in [0.15, 0.2) is 30.3 Å². The molecule has 27 heavy (non-hydrogen) atoms. The Bertz CT molecular complexity index is 925. The van der Waals surface area contributed by atoms with Gasteiger partial charge in [0.2, 0.25) is 0 Å². The van der Waals surface area contributed by atoms with Crippen molar-refractivity contribution in [3.8, 4) is 17.2 Å². The van der Waals surface area contributed by atoms with E-state index < -0.39 is 0 Å². The lowest BCUT2D eigenvalue weighted by Gasteiger charge is -2.18. The summed E-state index contributed by atoms with van der Waals surface area (Å²) in [5.74, 6) is 1.35. The average molecular weight is 368 g/mol. The molecule has 0 radical (unpaired) electrons. The minimum Gasteiger partial charge on any atom is -0.492 e. The van der Waals surface area contributed by atoms with E-state index in [1.807, 2.05) is 19.9 Å². The van der Waals surface area contributed by atoms with Gasteiger partial charge in [0.05, 0.1) is 18.0 Å². The lowest BCUT2D eigenvalue weighted by atomic mass is 10.1. The summed E-state index contributed by atoms with van der Waals surface area (Å²) in [6.07, 6.45) is 0.915. The predicted molar refractivity (Wildman–Crippen MR) is 99.9 cm³/mol. The molecule has 2 heterocycles. The van der Waals surface area contributed by atoms with Crippen LogP contribution < -0.4 is 24.8 Å². The van der Waals surface area contributed by atoms with Crippen LogP contribution in [0.25, 0.3) is 0 Å². The maximum absolute atomic E-state index is 12.7. The minimum atomic E-state index is -0.315. The predicted octanol–water partition coefficient (Wildman–Crippen LogP) is 2.99. The number of anilines is 2. The van der Waals surface area contributed by atoms with Crippen LogP contribution in [0.3, 0.4) is 0 Å².